The Balaban J connectivity index is 1.83. The molecule has 72 heavy (non-hydrogen) atoms. The number of ether oxygens (including phenoxy) is 6. The van der Waals surface area contributed by atoms with Gasteiger partial charge in [-0.15, -0.1) is 0 Å². The number of allylic oxidation sites excluding steroid dienone is 14. The first-order valence-corrected chi connectivity index (χ1v) is 27.2. The van der Waals surface area contributed by atoms with Gasteiger partial charge in [0.05, 0.1) is 19.8 Å². The van der Waals surface area contributed by atoms with Crippen LogP contribution >= 0.6 is 0 Å². The second kappa shape index (κ2) is 43.0. The molecule has 2 aliphatic rings. The number of rotatable bonds is 41. The number of hydrogen-bond donors (Lipinski definition) is 7. The Kier molecular flexibility index (Phi) is 38.7. The third-order valence-corrected chi connectivity index (χ3v) is 12.4. The molecule has 2 aliphatic heterocycles. The maximum absolute atomic E-state index is 13.0. The van der Waals surface area contributed by atoms with Gasteiger partial charge in [-0.1, -0.05) is 163 Å². The fourth-order valence-corrected chi connectivity index (χ4v) is 7.94. The van der Waals surface area contributed by atoms with Crippen LogP contribution in [0.4, 0.5) is 0 Å². The van der Waals surface area contributed by atoms with Crippen LogP contribution in [0, 0.1) is 0 Å². The Morgan fingerprint density at radius 2 is 0.903 bits per heavy atom. The van der Waals surface area contributed by atoms with Crippen molar-refractivity contribution in [2.24, 2.45) is 0 Å². The molecule has 4 unspecified atom stereocenters. The van der Waals surface area contributed by atoms with E-state index in [2.05, 4.69) is 86.8 Å². The Bertz CT molecular complexity index is 1570. The van der Waals surface area contributed by atoms with Crippen molar-refractivity contribution in [1.29, 1.82) is 0 Å². The molecule has 11 atom stereocenters. The van der Waals surface area contributed by atoms with Crippen LogP contribution in [0.1, 0.15) is 168 Å². The Labute approximate surface area is 431 Å². The highest BCUT2D eigenvalue weighted by Gasteiger charge is 2.47. The lowest BCUT2D eigenvalue weighted by atomic mass is 9.98. The molecule has 2 rings (SSSR count). The largest absolute Gasteiger partial charge is 0.462 e. The summed E-state index contributed by atoms with van der Waals surface area (Å²) in [5.74, 6) is -1.03. The van der Waals surface area contributed by atoms with Crippen LogP contribution in [0.5, 0.6) is 0 Å². The van der Waals surface area contributed by atoms with Crippen LogP contribution in [0.15, 0.2) is 85.1 Å². The summed E-state index contributed by atoms with van der Waals surface area (Å²) in [7, 11) is 0. The van der Waals surface area contributed by atoms with Crippen LogP contribution in [-0.4, -0.2) is 142 Å². The average molecular weight is 1020 g/mol. The molecule has 0 aromatic rings. The summed E-state index contributed by atoms with van der Waals surface area (Å²) in [5, 5.41) is 72.2. The van der Waals surface area contributed by atoms with Crippen LogP contribution in [-0.2, 0) is 38.0 Å². The van der Waals surface area contributed by atoms with E-state index >= 15 is 0 Å². The minimum Gasteiger partial charge on any atom is -0.462 e. The predicted molar refractivity (Wildman–Crippen MR) is 279 cm³/mol. The van der Waals surface area contributed by atoms with Gasteiger partial charge in [0.2, 0.25) is 0 Å². The molecule has 0 spiro atoms. The molecule has 15 heteroatoms. The first-order valence-electron chi connectivity index (χ1n) is 27.2. The molecule has 0 radical (unpaired) electrons. The molecular formula is C57H94O15. The van der Waals surface area contributed by atoms with E-state index in [-0.39, 0.29) is 19.4 Å². The highest BCUT2D eigenvalue weighted by atomic mass is 16.7. The molecule has 2 saturated heterocycles. The second-order valence-corrected chi connectivity index (χ2v) is 18.7. The molecule has 0 aromatic heterocycles. The lowest BCUT2D eigenvalue weighted by Crippen LogP contribution is -2.61. The van der Waals surface area contributed by atoms with Gasteiger partial charge in [-0.3, -0.25) is 9.59 Å². The molecule has 7 N–H and O–H groups in total. The van der Waals surface area contributed by atoms with Crippen LogP contribution in [0.3, 0.4) is 0 Å². The van der Waals surface area contributed by atoms with Crippen molar-refractivity contribution in [3.05, 3.63) is 85.1 Å². The van der Waals surface area contributed by atoms with E-state index in [1.54, 1.807) is 0 Å². The van der Waals surface area contributed by atoms with Crippen molar-refractivity contribution in [2.45, 2.75) is 235 Å². The normalized spacial score (nSPS) is 25.7. The van der Waals surface area contributed by atoms with Crippen molar-refractivity contribution >= 4 is 11.9 Å². The molecule has 412 valence electrons. The molecule has 2 heterocycles. The van der Waals surface area contributed by atoms with Gasteiger partial charge in [-0.25, -0.2) is 0 Å². The SMILES string of the molecule is CC/C=C/C/C=C/C/C=C/C/C=C/C/C=C/C/C=C/CCC(=O)O[C@H](COC(=O)CCCCCCCCCCC/C=C/CCCCCC)CO[C@H]1O[C@@H](CO[C@H]2O[C@@H](CO)[C@@H](O)C(O)C2O)[C@@H](O)C(O)C1O. The number of carbonyl (C=O) groups excluding carboxylic acids is 2. The maximum atomic E-state index is 13.0. The standard InChI is InChI=1S/C57H94O15/c1-3-5-7-9-11-13-15-17-19-21-22-24-26-28-30-32-34-36-38-40-49(60)70-45(42-67-48(59)39-37-35-33-31-29-27-25-23-20-18-16-14-12-10-8-6-4-2)43-68-56-55(66)53(64)51(62)47(72-56)44-69-57-54(65)52(63)50(61)46(41-58)71-57/h5,7,11,13-14,16-17,19,22,24,28,30,34,36,45-47,50-58,61-66H,3-4,6,8-10,12,15,18,20-21,23,25-27,29,31-33,35,37-44H2,1-2H3/b7-5+,13-11+,16-14+,19-17+,24-22+,30-28+,36-34+/t45-,46+,47+,50-,51-,52?,53?,54?,55?,56+,57+/m1/s1. The van der Waals surface area contributed by atoms with E-state index < -0.39 is 99.3 Å². The third-order valence-electron chi connectivity index (χ3n) is 12.4. The van der Waals surface area contributed by atoms with Crippen molar-refractivity contribution in [3.63, 3.8) is 0 Å². The van der Waals surface area contributed by atoms with Crippen LogP contribution in [0.25, 0.3) is 0 Å². The maximum Gasteiger partial charge on any atom is 0.306 e. The van der Waals surface area contributed by atoms with Gasteiger partial charge in [-0.2, -0.15) is 0 Å². The van der Waals surface area contributed by atoms with E-state index in [0.29, 0.717) is 19.3 Å². The smallest absolute Gasteiger partial charge is 0.306 e. The number of carbonyl (C=O) groups is 2. The lowest BCUT2D eigenvalue weighted by Gasteiger charge is -2.42. The molecule has 0 amide bonds. The summed E-state index contributed by atoms with van der Waals surface area (Å²) >= 11 is 0. The Morgan fingerprint density at radius 3 is 1.43 bits per heavy atom. The van der Waals surface area contributed by atoms with Crippen LogP contribution < -0.4 is 0 Å². The number of aliphatic hydroxyl groups is 7. The Morgan fingerprint density at radius 1 is 0.458 bits per heavy atom. The summed E-state index contributed by atoms with van der Waals surface area (Å²) in [6, 6.07) is 0. The van der Waals surface area contributed by atoms with Crippen LogP contribution in [0.2, 0.25) is 0 Å². The first-order chi connectivity index (χ1) is 35.0. The van der Waals surface area contributed by atoms with Gasteiger partial charge in [0.25, 0.3) is 0 Å². The van der Waals surface area contributed by atoms with Gasteiger partial charge >= 0.3 is 11.9 Å². The molecular weight excluding hydrogens is 925 g/mol. The van der Waals surface area contributed by atoms with Crippen molar-refractivity contribution in [3.8, 4) is 0 Å². The zero-order chi connectivity index (χ0) is 52.4. The molecule has 0 aliphatic carbocycles. The molecule has 15 nitrogen and oxygen atoms in total. The molecule has 2 fully saturated rings. The predicted octanol–water partition coefficient (Wildman–Crippen LogP) is 8.38. The monoisotopic (exact) mass is 1020 g/mol. The van der Waals surface area contributed by atoms with Gasteiger partial charge in [0, 0.05) is 12.8 Å². The number of aliphatic hydroxyl groups excluding tert-OH is 7. The highest BCUT2D eigenvalue weighted by Crippen LogP contribution is 2.26. The summed E-state index contributed by atoms with van der Waals surface area (Å²) in [4.78, 5) is 25.8. The van der Waals surface area contributed by atoms with E-state index in [4.69, 9.17) is 28.4 Å². The first kappa shape index (κ1) is 64.8. The second-order valence-electron chi connectivity index (χ2n) is 18.7. The minimum atomic E-state index is -1.78. The van der Waals surface area contributed by atoms with Crippen molar-refractivity contribution in [2.75, 3.05) is 26.4 Å². The van der Waals surface area contributed by atoms with E-state index in [1.165, 1.54) is 64.2 Å². The summed E-state index contributed by atoms with van der Waals surface area (Å²) < 4.78 is 33.5. The zero-order valence-electron chi connectivity index (χ0n) is 43.6. The fourth-order valence-electron chi connectivity index (χ4n) is 7.94. The van der Waals surface area contributed by atoms with E-state index in [9.17, 15) is 45.3 Å². The quantitative estimate of drug-likeness (QED) is 0.0173. The highest BCUT2D eigenvalue weighted by molar-refractivity contribution is 5.70. The lowest BCUT2D eigenvalue weighted by molar-refractivity contribution is -0.332. The average Bonchev–Trinajstić information content (AvgIpc) is 3.37. The van der Waals surface area contributed by atoms with Gasteiger partial charge in [-0.05, 0) is 77.0 Å². The molecule has 0 aromatic carbocycles. The zero-order valence-corrected chi connectivity index (χ0v) is 43.6. The third kappa shape index (κ3) is 30.1. The summed E-state index contributed by atoms with van der Waals surface area (Å²) in [6.07, 6.45) is 36.2. The number of hydrogen-bond acceptors (Lipinski definition) is 15. The fraction of sp³-hybridized carbons (Fsp3) is 0.719. The number of unbranched alkanes of at least 4 members (excludes halogenated alkanes) is 13. The number of esters is 2. The topological polar surface area (TPSA) is 231 Å². The minimum absolute atomic E-state index is 0.0358. The van der Waals surface area contributed by atoms with Crippen molar-refractivity contribution in [1.82, 2.24) is 0 Å². The van der Waals surface area contributed by atoms with E-state index in [1.807, 2.05) is 12.2 Å². The van der Waals surface area contributed by atoms with Gasteiger partial charge < -0.3 is 64.2 Å². The summed E-state index contributed by atoms with van der Waals surface area (Å²) in [6.45, 7) is 2.38. The van der Waals surface area contributed by atoms with Gasteiger partial charge in [0.1, 0.15) is 55.4 Å². The molecule has 0 saturated carbocycles. The summed E-state index contributed by atoms with van der Waals surface area (Å²) in [5.41, 5.74) is 0. The Hall–Kier alpha value is -3.32. The van der Waals surface area contributed by atoms with Gasteiger partial charge in [0.15, 0.2) is 18.7 Å². The van der Waals surface area contributed by atoms with E-state index in [0.717, 1.165) is 57.8 Å². The molecule has 0 bridgehead atoms. The van der Waals surface area contributed by atoms with Crippen molar-refractivity contribution < 1.29 is 73.8 Å².